The standard InChI is InChI=1S/C12H12F2N2O3/c1-19-12(18)10-7(13)2-3-8(14)11(10)16-5-6(15)4-9(16)17/h2-3,6H,4-5,15H2,1H3. The fourth-order valence-corrected chi connectivity index (χ4v) is 2.05. The Labute approximate surface area is 107 Å². The zero-order chi connectivity index (χ0) is 14.2. The molecule has 2 rings (SSSR count). The molecule has 102 valence electrons. The monoisotopic (exact) mass is 270 g/mol. The van der Waals surface area contributed by atoms with Gasteiger partial charge in [0.25, 0.3) is 0 Å². The minimum Gasteiger partial charge on any atom is -0.465 e. The van der Waals surface area contributed by atoms with Crippen LogP contribution in [0.1, 0.15) is 16.8 Å². The first-order valence-electron chi connectivity index (χ1n) is 5.58. The molecule has 1 atom stereocenters. The summed E-state index contributed by atoms with van der Waals surface area (Å²) >= 11 is 0. The second-order valence-electron chi connectivity index (χ2n) is 4.21. The van der Waals surface area contributed by atoms with Crippen LogP contribution in [0, 0.1) is 11.6 Å². The van der Waals surface area contributed by atoms with E-state index in [0.29, 0.717) is 0 Å². The van der Waals surface area contributed by atoms with Crippen molar-refractivity contribution in [3.63, 3.8) is 0 Å². The molecule has 0 spiro atoms. The number of methoxy groups -OCH3 is 1. The Bertz CT molecular complexity index is 548. The van der Waals surface area contributed by atoms with Gasteiger partial charge in [-0.25, -0.2) is 13.6 Å². The van der Waals surface area contributed by atoms with Crippen LogP contribution in [-0.2, 0) is 9.53 Å². The predicted molar refractivity (Wildman–Crippen MR) is 62.6 cm³/mol. The number of amides is 1. The number of anilines is 1. The van der Waals surface area contributed by atoms with Gasteiger partial charge in [0.05, 0.1) is 12.8 Å². The number of carbonyl (C=O) groups is 2. The second-order valence-corrected chi connectivity index (χ2v) is 4.21. The molecule has 1 amide bonds. The summed E-state index contributed by atoms with van der Waals surface area (Å²) in [4.78, 5) is 24.3. The number of nitrogens with two attached hydrogens (primary N) is 1. The van der Waals surface area contributed by atoms with Crippen molar-refractivity contribution < 1.29 is 23.1 Å². The summed E-state index contributed by atoms with van der Waals surface area (Å²) < 4.78 is 32.0. The molecule has 0 aromatic heterocycles. The van der Waals surface area contributed by atoms with Crippen LogP contribution in [0.25, 0.3) is 0 Å². The van der Waals surface area contributed by atoms with Crippen LogP contribution < -0.4 is 10.6 Å². The van der Waals surface area contributed by atoms with E-state index in [1.165, 1.54) is 0 Å². The van der Waals surface area contributed by atoms with E-state index in [0.717, 1.165) is 24.1 Å². The molecule has 2 N–H and O–H groups in total. The predicted octanol–water partition coefficient (Wildman–Crippen LogP) is 0.815. The van der Waals surface area contributed by atoms with Crippen molar-refractivity contribution in [1.29, 1.82) is 0 Å². The van der Waals surface area contributed by atoms with Crippen molar-refractivity contribution in [3.05, 3.63) is 29.3 Å². The average Bonchev–Trinajstić information content (AvgIpc) is 2.69. The largest absolute Gasteiger partial charge is 0.465 e. The molecule has 1 saturated heterocycles. The van der Waals surface area contributed by atoms with Crippen LogP contribution in [0.3, 0.4) is 0 Å². The van der Waals surface area contributed by atoms with E-state index in [4.69, 9.17) is 5.73 Å². The molecule has 0 saturated carbocycles. The Morgan fingerprint density at radius 1 is 1.42 bits per heavy atom. The maximum Gasteiger partial charge on any atom is 0.343 e. The number of hydrogen-bond donors (Lipinski definition) is 1. The Balaban J connectivity index is 2.58. The fraction of sp³-hybridized carbons (Fsp3) is 0.333. The van der Waals surface area contributed by atoms with Crippen molar-refractivity contribution in [2.45, 2.75) is 12.5 Å². The number of carbonyl (C=O) groups excluding carboxylic acids is 2. The highest BCUT2D eigenvalue weighted by atomic mass is 19.1. The Morgan fingerprint density at radius 3 is 2.58 bits per heavy atom. The van der Waals surface area contributed by atoms with E-state index in [1.54, 1.807) is 0 Å². The van der Waals surface area contributed by atoms with Gasteiger partial charge in [-0.15, -0.1) is 0 Å². The SMILES string of the molecule is COC(=O)c1c(F)ccc(F)c1N1CC(N)CC1=O. The summed E-state index contributed by atoms with van der Waals surface area (Å²) in [6.45, 7) is 0.0310. The van der Waals surface area contributed by atoms with Crippen molar-refractivity contribution >= 4 is 17.6 Å². The van der Waals surface area contributed by atoms with Crippen molar-refractivity contribution in [2.24, 2.45) is 5.73 Å². The molecule has 0 bridgehead atoms. The Kier molecular flexibility index (Phi) is 3.48. The Morgan fingerprint density at radius 2 is 2.05 bits per heavy atom. The third-order valence-corrected chi connectivity index (χ3v) is 2.89. The lowest BCUT2D eigenvalue weighted by atomic mass is 10.1. The molecule has 5 nitrogen and oxygen atoms in total. The third-order valence-electron chi connectivity index (χ3n) is 2.89. The first-order chi connectivity index (χ1) is 8.95. The first kappa shape index (κ1) is 13.4. The van der Waals surface area contributed by atoms with E-state index < -0.39 is 40.8 Å². The van der Waals surface area contributed by atoms with E-state index >= 15 is 0 Å². The molecule has 0 aliphatic carbocycles. The molecule has 1 aliphatic rings. The van der Waals surface area contributed by atoms with Gasteiger partial charge in [-0.2, -0.15) is 0 Å². The number of halogens is 2. The van der Waals surface area contributed by atoms with E-state index in [1.807, 2.05) is 0 Å². The second kappa shape index (κ2) is 4.93. The van der Waals surface area contributed by atoms with Crippen LogP contribution in [0.5, 0.6) is 0 Å². The number of hydrogen-bond acceptors (Lipinski definition) is 4. The van der Waals surface area contributed by atoms with Crippen LogP contribution in [-0.4, -0.2) is 31.6 Å². The molecule has 1 aromatic carbocycles. The quantitative estimate of drug-likeness (QED) is 0.807. The lowest BCUT2D eigenvalue weighted by Gasteiger charge is -2.20. The molecule has 1 heterocycles. The topological polar surface area (TPSA) is 72.6 Å². The van der Waals surface area contributed by atoms with Gasteiger partial charge in [0, 0.05) is 19.0 Å². The number of esters is 1. The van der Waals surface area contributed by atoms with Gasteiger partial charge < -0.3 is 15.4 Å². The van der Waals surface area contributed by atoms with Crippen LogP contribution in [0.4, 0.5) is 14.5 Å². The van der Waals surface area contributed by atoms with Gasteiger partial charge >= 0.3 is 5.97 Å². The van der Waals surface area contributed by atoms with Crippen LogP contribution in [0.15, 0.2) is 12.1 Å². The minimum atomic E-state index is -1.04. The number of rotatable bonds is 2. The highest BCUT2D eigenvalue weighted by Gasteiger charge is 2.34. The normalized spacial score (nSPS) is 18.8. The van der Waals surface area contributed by atoms with Gasteiger partial charge in [0.15, 0.2) is 0 Å². The number of ether oxygens (including phenoxy) is 1. The zero-order valence-electron chi connectivity index (χ0n) is 10.2. The summed E-state index contributed by atoms with van der Waals surface area (Å²) in [6, 6.07) is 1.19. The summed E-state index contributed by atoms with van der Waals surface area (Å²) in [5, 5.41) is 0. The molecule has 0 radical (unpaired) electrons. The van der Waals surface area contributed by atoms with Gasteiger partial charge in [-0.3, -0.25) is 4.79 Å². The third kappa shape index (κ3) is 2.28. The molecular formula is C12H12F2N2O3. The van der Waals surface area contributed by atoms with Crippen LogP contribution >= 0.6 is 0 Å². The summed E-state index contributed by atoms with van der Waals surface area (Å²) in [7, 11) is 1.05. The van der Waals surface area contributed by atoms with E-state index in [-0.39, 0.29) is 13.0 Å². The van der Waals surface area contributed by atoms with Gasteiger partial charge in [-0.1, -0.05) is 0 Å². The first-order valence-corrected chi connectivity index (χ1v) is 5.58. The molecule has 1 unspecified atom stereocenters. The molecule has 1 fully saturated rings. The minimum absolute atomic E-state index is 0.0244. The smallest absolute Gasteiger partial charge is 0.343 e. The van der Waals surface area contributed by atoms with E-state index in [2.05, 4.69) is 4.74 Å². The summed E-state index contributed by atoms with van der Waals surface area (Å²) in [5.74, 6) is -3.32. The zero-order valence-corrected chi connectivity index (χ0v) is 10.2. The van der Waals surface area contributed by atoms with Crippen LogP contribution in [0.2, 0.25) is 0 Å². The fourth-order valence-electron chi connectivity index (χ4n) is 2.05. The molecule has 1 aliphatic heterocycles. The average molecular weight is 270 g/mol. The molecule has 7 heteroatoms. The molecular weight excluding hydrogens is 258 g/mol. The molecule has 1 aromatic rings. The summed E-state index contributed by atoms with van der Waals surface area (Å²) in [5.41, 5.74) is 4.60. The number of nitrogens with zero attached hydrogens (tertiary/aromatic N) is 1. The Hall–Kier alpha value is -2.02. The highest BCUT2D eigenvalue weighted by Crippen LogP contribution is 2.30. The maximum absolute atomic E-state index is 13.9. The highest BCUT2D eigenvalue weighted by molar-refractivity contribution is 6.04. The van der Waals surface area contributed by atoms with Gasteiger partial charge in [0.2, 0.25) is 5.91 Å². The van der Waals surface area contributed by atoms with Crippen molar-refractivity contribution in [3.8, 4) is 0 Å². The molecule has 19 heavy (non-hydrogen) atoms. The van der Waals surface area contributed by atoms with Gasteiger partial charge in [-0.05, 0) is 12.1 Å². The lowest BCUT2D eigenvalue weighted by molar-refractivity contribution is -0.117. The van der Waals surface area contributed by atoms with E-state index in [9.17, 15) is 18.4 Å². The van der Waals surface area contributed by atoms with Crippen molar-refractivity contribution in [1.82, 2.24) is 0 Å². The summed E-state index contributed by atoms with van der Waals surface area (Å²) in [6.07, 6.45) is 0.0244. The van der Waals surface area contributed by atoms with Gasteiger partial charge in [0.1, 0.15) is 17.2 Å². The van der Waals surface area contributed by atoms with Crippen molar-refractivity contribution in [2.75, 3.05) is 18.6 Å². The number of benzene rings is 1. The lowest BCUT2D eigenvalue weighted by Crippen LogP contribution is -2.30. The maximum atomic E-state index is 13.9.